The van der Waals surface area contributed by atoms with E-state index in [9.17, 15) is 9.59 Å². The number of likely N-dealkylation sites (N-methyl/N-ethyl adjacent to an activating group) is 1. The van der Waals surface area contributed by atoms with Crippen LogP contribution in [0.1, 0.15) is 0 Å². The SMILES string of the molecule is CN1CC(=O)N(CSC#N)C1=O. The van der Waals surface area contributed by atoms with Gasteiger partial charge in [0.05, 0.1) is 5.88 Å². The highest BCUT2D eigenvalue weighted by molar-refractivity contribution is 8.03. The number of imide groups is 1. The first-order valence-electron chi connectivity index (χ1n) is 3.23. The van der Waals surface area contributed by atoms with E-state index in [0.717, 1.165) is 16.7 Å². The number of thioether (sulfide) groups is 1. The Bertz CT molecular complexity index is 260. The Morgan fingerprint density at radius 3 is 2.75 bits per heavy atom. The molecule has 0 aliphatic carbocycles. The Morgan fingerprint density at radius 1 is 1.67 bits per heavy atom. The molecule has 0 aromatic heterocycles. The van der Waals surface area contributed by atoms with E-state index in [0.29, 0.717) is 0 Å². The van der Waals surface area contributed by atoms with Crippen LogP contribution >= 0.6 is 11.8 Å². The van der Waals surface area contributed by atoms with Gasteiger partial charge >= 0.3 is 6.03 Å². The van der Waals surface area contributed by atoms with E-state index >= 15 is 0 Å². The number of thiocyanates is 1. The Labute approximate surface area is 73.9 Å². The highest BCUT2D eigenvalue weighted by Crippen LogP contribution is 2.11. The second-order valence-corrected chi connectivity index (χ2v) is 3.05. The number of nitrogens with zero attached hydrogens (tertiary/aromatic N) is 3. The van der Waals surface area contributed by atoms with Gasteiger partial charge in [0.1, 0.15) is 11.9 Å². The molecule has 1 aliphatic heterocycles. The minimum absolute atomic E-state index is 0.116. The number of hydrogen-bond acceptors (Lipinski definition) is 4. The summed E-state index contributed by atoms with van der Waals surface area (Å²) in [5.74, 6) is -0.122. The maximum absolute atomic E-state index is 11.1. The van der Waals surface area contributed by atoms with Crippen molar-refractivity contribution in [2.24, 2.45) is 0 Å². The Balaban J connectivity index is 2.59. The second-order valence-electron chi connectivity index (χ2n) is 2.33. The number of carbonyl (C=O) groups excluding carboxylic acids is 2. The highest BCUT2D eigenvalue weighted by Gasteiger charge is 2.33. The van der Waals surface area contributed by atoms with E-state index < -0.39 is 0 Å². The summed E-state index contributed by atoms with van der Waals surface area (Å²) in [4.78, 5) is 24.6. The average Bonchev–Trinajstić information content (AvgIpc) is 2.25. The molecule has 0 saturated carbocycles. The second kappa shape index (κ2) is 3.45. The van der Waals surface area contributed by atoms with Crippen molar-refractivity contribution in [3.8, 4) is 5.40 Å². The van der Waals surface area contributed by atoms with Gasteiger partial charge in [-0.15, -0.1) is 0 Å². The number of hydrogen-bond donors (Lipinski definition) is 0. The molecular formula is C6H7N3O2S. The summed E-state index contributed by atoms with van der Waals surface area (Å²) in [5, 5.41) is 10.0. The lowest BCUT2D eigenvalue weighted by Crippen LogP contribution is -2.30. The van der Waals surface area contributed by atoms with Gasteiger partial charge in [0, 0.05) is 7.05 Å². The van der Waals surface area contributed by atoms with Gasteiger partial charge in [0.2, 0.25) is 0 Å². The van der Waals surface area contributed by atoms with Gasteiger partial charge in [-0.1, -0.05) is 0 Å². The lowest BCUT2D eigenvalue weighted by molar-refractivity contribution is -0.124. The van der Waals surface area contributed by atoms with E-state index in [2.05, 4.69) is 0 Å². The summed E-state index contributed by atoms with van der Waals surface area (Å²) in [6, 6.07) is -0.331. The molecule has 1 rings (SSSR count). The van der Waals surface area contributed by atoms with Crippen LogP contribution in [0.15, 0.2) is 0 Å². The van der Waals surface area contributed by atoms with Crippen molar-refractivity contribution in [3.63, 3.8) is 0 Å². The normalized spacial score (nSPS) is 17.0. The van der Waals surface area contributed by atoms with Gasteiger partial charge in [-0.3, -0.25) is 9.69 Å². The molecule has 6 heteroatoms. The standard InChI is InChI=1S/C6H7N3O2S/c1-8-2-5(10)9(6(8)11)4-12-3-7/h2,4H2,1H3. The van der Waals surface area contributed by atoms with Gasteiger partial charge in [-0.05, 0) is 11.8 Å². The van der Waals surface area contributed by atoms with Crippen LogP contribution in [0, 0.1) is 10.7 Å². The predicted molar refractivity (Wildman–Crippen MR) is 42.9 cm³/mol. The summed E-state index contributed by atoms with van der Waals surface area (Å²) < 4.78 is 0. The molecule has 1 saturated heterocycles. The Kier molecular flexibility index (Phi) is 2.55. The third kappa shape index (κ3) is 1.51. The molecule has 1 heterocycles. The quantitative estimate of drug-likeness (QED) is 0.450. The summed E-state index contributed by atoms with van der Waals surface area (Å²) in [6.45, 7) is 0.116. The molecule has 0 spiro atoms. The van der Waals surface area contributed by atoms with Crippen LogP contribution in [0.4, 0.5) is 4.79 Å². The fourth-order valence-electron chi connectivity index (χ4n) is 0.889. The fourth-order valence-corrected chi connectivity index (χ4v) is 1.33. The molecule has 0 radical (unpaired) electrons. The summed E-state index contributed by atoms with van der Waals surface area (Å²) in [5.41, 5.74) is 0. The maximum Gasteiger partial charge on any atom is 0.327 e. The first-order valence-corrected chi connectivity index (χ1v) is 4.21. The molecule has 0 N–H and O–H groups in total. The number of nitriles is 1. The zero-order chi connectivity index (χ0) is 9.14. The van der Waals surface area contributed by atoms with Crippen molar-refractivity contribution in [3.05, 3.63) is 0 Å². The molecule has 12 heavy (non-hydrogen) atoms. The topological polar surface area (TPSA) is 64.4 Å². The summed E-state index contributed by atoms with van der Waals surface area (Å²) in [7, 11) is 1.55. The minimum atomic E-state index is -0.331. The molecular weight excluding hydrogens is 178 g/mol. The van der Waals surface area contributed by atoms with Crippen molar-refractivity contribution in [1.82, 2.24) is 9.80 Å². The summed E-state index contributed by atoms with van der Waals surface area (Å²) in [6.07, 6.45) is 0. The maximum atomic E-state index is 11.1. The molecule has 0 unspecified atom stereocenters. The number of urea groups is 1. The van der Waals surface area contributed by atoms with Gasteiger partial charge in [-0.25, -0.2) is 4.79 Å². The Morgan fingerprint density at radius 2 is 2.33 bits per heavy atom. The molecule has 0 aromatic carbocycles. The van der Waals surface area contributed by atoms with Gasteiger partial charge in [-0.2, -0.15) is 5.26 Å². The number of amides is 3. The van der Waals surface area contributed by atoms with Crippen LogP contribution in [-0.2, 0) is 4.79 Å². The van der Waals surface area contributed by atoms with Gasteiger partial charge in [0.25, 0.3) is 5.91 Å². The van der Waals surface area contributed by atoms with E-state index in [1.807, 2.05) is 0 Å². The lowest BCUT2D eigenvalue weighted by atomic mass is 10.6. The van der Waals surface area contributed by atoms with Crippen molar-refractivity contribution in [2.75, 3.05) is 19.5 Å². The molecule has 64 valence electrons. The van der Waals surface area contributed by atoms with Crippen LogP contribution < -0.4 is 0 Å². The number of carbonyl (C=O) groups is 2. The van der Waals surface area contributed by atoms with Crippen LogP contribution in [-0.4, -0.2) is 41.2 Å². The van der Waals surface area contributed by atoms with E-state index in [1.165, 1.54) is 4.90 Å². The molecule has 1 fully saturated rings. The molecule has 3 amide bonds. The summed E-state index contributed by atoms with van der Waals surface area (Å²) >= 11 is 0.878. The first kappa shape index (κ1) is 8.87. The molecule has 5 nitrogen and oxygen atoms in total. The van der Waals surface area contributed by atoms with Gasteiger partial charge in [0.15, 0.2) is 0 Å². The minimum Gasteiger partial charge on any atom is -0.318 e. The molecule has 0 atom stereocenters. The average molecular weight is 185 g/mol. The van der Waals surface area contributed by atoms with E-state index in [1.54, 1.807) is 12.4 Å². The smallest absolute Gasteiger partial charge is 0.318 e. The van der Waals surface area contributed by atoms with Crippen molar-refractivity contribution in [2.45, 2.75) is 0 Å². The number of rotatable bonds is 2. The zero-order valence-corrected chi connectivity index (χ0v) is 7.30. The fraction of sp³-hybridized carbons (Fsp3) is 0.500. The van der Waals surface area contributed by atoms with E-state index in [4.69, 9.17) is 5.26 Å². The third-order valence-electron chi connectivity index (χ3n) is 1.49. The van der Waals surface area contributed by atoms with Crippen LogP contribution in [0.5, 0.6) is 0 Å². The van der Waals surface area contributed by atoms with Crippen molar-refractivity contribution in [1.29, 1.82) is 5.26 Å². The highest BCUT2D eigenvalue weighted by atomic mass is 32.2. The van der Waals surface area contributed by atoms with Gasteiger partial charge < -0.3 is 4.90 Å². The predicted octanol–water partition coefficient (Wildman–Crippen LogP) is 0.0522. The van der Waals surface area contributed by atoms with Crippen molar-refractivity contribution < 1.29 is 9.59 Å². The van der Waals surface area contributed by atoms with Crippen molar-refractivity contribution >= 4 is 23.7 Å². The molecule has 1 aliphatic rings. The monoisotopic (exact) mass is 185 g/mol. The van der Waals surface area contributed by atoms with E-state index in [-0.39, 0.29) is 24.4 Å². The largest absolute Gasteiger partial charge is 0.327 e. The van der Waals surface area contributed by atoms with Crippen LogP contribution in [0.2, 0.25) is 0 Å². The molecule has 0 bridgehead atoms. The third-order valence-corrected chi connectivity index (χ3v) is 2.01. The van der Waals surface area contributed by atoms with Crippen LogP contribution in [0.3, 0.4) is 0 Å². The Hall–Kier alpha value is -1.22. The lowest BCUT2D eigenvalue weighted by Gasteiger charge is -2.10. The first-order chi connectivity index (χ1) is 5.66. The molecule has 0 aromatic rings. The van der Waals surface area contributed by atoms with Crippen LogP contribution in [0.25, 0.3) is 0 Å². The zero-order valence-electron chi connectivity index (χ0n) is 6.48.